The Morgan fingerprint density at radius 2 is 1.68 bits per heavy atom. The van der Waals surface area contributed by atoms with Gasteiger partial charge in [0, 0.05) is 37.5 Å². The summed E-state index contributed by atoms with van der Waals surface area (Å²) in [4.78, 5) is 23.6. The summed E-state index contributed by atoms with van der Waals surface area (Å²) in [6.45, 7) is 6.98. The van der Waals surface area contributed by atoms with Crippen molar-refractivity contribution in [3.05, 3.63) is 83.8 Å². The number of benzene rings is 2. The molecule has 2 aromatic heterocycles. The van der Waals surface area contributed by atoms with Crippen LogP contribution < -0.4 is 0 Å². The van der Waals surface area contributed by atoms with Crippen molar-refractivity contribution in [2.24, 2.45) is 12.5 Å². The van der Waals surface area contributed by atoms with E-state index in [1.54, 1.807) is 22.9 Å². The highest BCUT2D eigenvalue weighted by Gasteiger charge is 2.21. The van der Waals surface area contributed by atoms with Crippen LogP contribution in [0.15, 0.2) is 67.0 Å². The third kappa shape index (κ3) is 6.68. The highest BCUT2D eigenvalue weighted by atomic mass is 31.2. The van der Waals surface area contributed by atoms with Crippen LogP contribution in [0.4, 0.5) is 0 Å². The first-order valence-electron chi connectivity index (χ1n) is 12.3. The van der Waals surface area contributed by atoms with Gasteiger partial charge in [0.05, 0.1) is 24.9 Å². The van der Waals surface area contributed by atoms with Gasteiger partial charge in [0.1, 0.15) is 5.69 Å². The molecule has 0 aliphatic rings. The van der Waals surface area contributed by atoms with Crippen molar-refractivity contribution in [2.75, 3.05) is 20.3 Å². The lowest BCUT2D eigenvalue weighted by Crippen LogP contribution is -2.14. The van der Waals surface area contributed by atoms with Crippen LogP contribution in [0.1, 0.15) is 42.4 Å². The van der Waals surface area contributed by atoms with Gasteiger partial charge in [-0.3, -0.25) is 13.9 Å². The zero-order valence-electron chi connectivity index (χ0n) is 22.1. The van der Waals surface area contributed by atoms with Crippen LogP contribution in [0, 0.1) is 5.41 Å². The van der Waals surface area contributed by atoms with Crippen molar-refractivity contribution in [3.63, 3.8) is 0 Å². The molecule has 1 N–H and O–H groups in total. The Morgan fingerprint density at radius 3 is 2.35 bits per heavy atom. The van der Waals surface area contributed by atoms with Crippen LogP contribution in [-0.2, 0) is 33.5 Å². The van der Waals surface area contributed by atoms with E-state index in [9.17, 15) is 14.3 Å². The second-order valence-corrected chi connectivity index (χ2v) is 12.5. The molecular formula is C29H35N2O5P. The normalized spacial score (nSPS) is 13.7. The maximum atomic E-state index is 13.5. The summed E-state index contributed by atoms with van der Waals surface area (Å²) in [5.74, 6) is -0.142. The zero-order chi connectivity index (χ0) is 26.8. The molecule has 0 bridgehead atoms. The lowest BCUT2D eigenvalue weighted by Gasteiger charge is -2.18. The SMILES string of the molecule is COCCOP(=O)(O)Cc1ccc2c(ccn2C(=O)c2cc(-c3ccc(CC(C)(C)C)cc3)cn2C)c1. The van der Waals surface area contributed by atoms with E-state index >= 15 is 0 Å². The second-order valence-electron chi connectivity index (χ2n) is 10.7. The molecule has 1 atom stereocenters. The Balaban J connectivity index is 1.53. The van der Waals surface area contributed by atoms with Crippen molar-refractivity contribution < 1.29 is 23.5 Å². The molecule has 0 aliphatic carbocycles. The van der Waals surface area contributed by atoms with Gasteiger partial charge in [-0.15, -0.1) is 0 Å². The van der Waals surface area contributed by atoms with E-state index < -0.39 is 7.60 Å². The van der Waals surface area contributed by atoms with E-state index in [2.05, 4.69) is 45.0 Å². The summed E-state index contributed by atoms with van der Waals surface area (Å²) in [5.41, 5.74) is 5.54. The van der Waals surface area contributed by atoms with E-state index in [-0.39, 0.29) is 30.7 Å². The van der Waals surface area contributed by atoms with Gasteiger partial charge in [-0.1, -0.05) is 51.1 Å². The third-order valence-corrected chi connectivity index (χ3v) is 7.53. The average molecular weight is 523 g/mol. The smallest absolute Gasteiger partial charge is 0.332 e. The van der Waals surface area contributed by atoms with Crippen LogP contribution in [-0.4, -0.2) is 40.3 Å². The molecule has 2 aromatic carbocycles. The number of rotatable bonds is 9. The fraction of sp³-hybridized carbons (Fsp3) is 0.345. The fourth-order valence-electron chi connectivity index (χ4n) is 4.49. The maximum Gasteiger partial charge on any atom is 0.332 e. The van der Waals surface area contributed by atoms with Crippen molar-refractivity contribution in [3.8, 4) is 11.1 Å². The minimum absolute atomic E-state index is 0.0527. The summed E-state index contributed by atoms with van der Waals surface area (Å²) in [5, 5.41) is 0.812. The van der Waals surface area contributed by atoms with Gasteiger partial charge in [-0.05, 0) is 52.8 Å². The van der Waals surface area contributed by atoms with Gasteiger partial charge >= 0.3 is 7.60 Å². The van der Waals surface area contributed by atoms with Crippen LogP contribution in [0.3, 0.4) is 0 Å². The molecule has 2 heterocycles. The van der Waals surface area contributed by atoms with E-state index in [0.29, 0.717) is 11.3 Å². The molecule has 196 valence electrons. The number of ether oxygens (including phenoxy) is 1. The average Bonchev–Trinajstić information content (AvgIpc) is 3.41. The summed E-state index contributed by atoms with van der Waals surface area (Å²) in [7, 11) is -0.407. The Hall–Kier alpha value is -2.96. The fourth-order valence-corrected chi connectivity index (χ4v) is 5.60. The van der Waals surface area contributed by atoms with Crippen molar-refractivity contribution in [1.29, 1.82) is 0 Å². The number of aromatic nitrogens is 2. The Bertz CT molecular complexity index is 1440. The molecule has 0 saturated heterocycles. The number of hydrogen-bond acceptors (Lipinski definition) is 4. The molecule has 8 heteroatoms. The summed E-state index contributed by atoms with van der Waals surface area (Å²) < 4.78 is 25.8. The van der Waals surface area contributed by atoms with E-state index in [0.717, 1.165) is 28.5 Å². The number of hydrogen-bond donors (Lipinski definition) is 1. The molecule has 0 saturated carbocycles. The van der Waals surface area contributed by atoms with Crippen LogP contribution >= 0.6 is 7.60 Å². The van der Waals surface area contributed by atoms with Gasteiger partial charge in [0.15, 0.2) is 0 Å². The topological polar surface area (TPSA) is 82.7 Å². The molecule has 7 nitrogen and oxygen atoms in total. The quantitative estimate of drug-likeness (QED) is 0.207. The predicted octanol–water partition coefficient (Wildman–Crippen LogP) is 6.27. The molecular weight excluding hydrogens is 487 g/mol. The van der Waals surface area contributed by atoms with Crippen LogP contribution in [0.5, 0.6) is 0 Å². The lowest BCUT2D eigenvalue weighted by atomic mass is 9.88. The van der Waals surface area contributed by atoms with Crippen LogP contribution in [0.2, 0.25) is 0 Å². The minimum atomic E-state index is -3.79. The standard InChI is InChI=1S/C29H35N2O5P/c1-29(2,3)18-21-6-9-23(10-7-21)25-17-27(30(4)19-25)28(32)31-13-12-24-16-22(8-11-26(24)31)20-37(33,34)36-15-14-35-5/h6-13,16-17,19H,14-15,18,20H2,1-5H3,(H,33,34). The van der Waals surface area contributed by atoms with E-state index in [1.807, 2.05) is 36.0 Å². The third-order valence-electron chi connectivity index (χ3n) is 6.18. The van der Waals surface area contributed by atoms with E-state index in [1.165, 1.54) is 12.7 Å². The highest BCUT2D eigenvalue weighted by Crippen LogP contribution is 2.45. The van der Waals surface area contributed by atoms with Gasteiger partial charge < -0.3 is 18.7 Å². The van der Waals surface area contributed by atoms with Crippen molar-refractivity contribution >= 4 is 24.4 Å². The number of methoxy groups -OCH3 is 1. The molecule has 0 amide bonds. The monoisotopic (exact) mass is 522 g/mol. The van der Waals surface area contributed by atoms with Gasteiger partial charge in [0.2, 0.25) is 0 Å². The largest absolute Gasteiger partial charge is 0.382 e. The van der Waals surface area contributed by atoms with E-state index in [4.69, 9.17) is 9.26 Å². The highest BCUT2D eigenvalue weighted by molar-refractivity contribution is 7.51. The molecule has 4 aromatic rings. The molecule has 0 spiro atoms. The zero-order valence-corrected chi connectivity index (χ0v) is 23.0. The second kappa shape index (κ2) is 10.8. The van der Waals surface area contributed by atoms with Crippen molar-refractivity contribution in [1.82, 2.24) is 9.13 Å². The molecule has 37 heavy (non-hydrogen) atoms. The molecule has 0 fully saturated rings. The predicted molar refractivity (Wildman–Crippen MR) is 147 cm³/mol. The van der Waals surface area contributed by atoms with Gasteiger partial charge in [-0.25, -0.2) is 0 Å². The van der Waals surface area contributed by atoms with Crippen molar-refractivity contribution in [2.45, 2.75) is 33.4 Å². The Labute approximate surface area is 218 Å². The number of carbonyl (C=O) groups is 1. The first kappa shape index (κ1) is 27.1. The number of fused-ring (bicyclic) bond motifs is 1. The lowest BCUT2D eigenvalue weighted by molar-refractivity contribution is 0.0957. The Kier molecular flexibility index (Phi) is 7.91. The molecule has 4 rings (SSSR count). The molecule has 1 unspecified atom stereocenters. The van der Waals surface area contributed by atoms with Crippen LogP contribution in [0.25, 0.3) is 22.0 Å². The Morgan fingerprint density at radius 1 is 0.973 bits per heavy atom. The summed E-state index contributed by atoms with van der Waals surface area (Å²) in [6, 6.07) is 17.6. The van der Waals surface area contributed by atoms with Gasteiger partial charge in [0.25, 0.3) is 5.91 Å². The summed E-state index contributed by atoms with van der Waals surface area (Å²) in [6.07, 6.45) is 4.60. The molecule has 0 radical (unpaired) electrons. The van der Waals surface area contributed by atoms with Gasteiger partial charge in [-0.2, -0.15) is 0 Å². The maximum absolute atomic E-state index is 13.5. The number of carbonyl (C=O) groups excluding carboxylic acids is 1. The summed E-state index contributed by atoms with van der Waals surface area (Å²) >= 11 is 0. The minimum Gasteiger partial charge on any atom is -0.382 e. The first-order valence-corrected chi connectivity index (χ1v) is 14.1. The number of nitrogens with zero attached hydrogens (tertiary/aromatic N) is 2. The first-order chi connectivity index (χ1) is 17.5. The number of aryl methyl sites for hydroxylation is 1. The molecule has 0 aliphatic heterocycles.